The van der Waals surface area contributed by atoms with E-state index in [1.807, 2.05) is 0 Å². The van der Waals surface area contributed by atoms with Crippen molar-refractivity contribution in [2.45, 2.75) is 44.8 Å². The molecule has 0 N–H and O–H groups in total. The molecule has 1 aliphatic heterocycles. The van der Waals surface area contributed by atoms with Gasteiger partial charge in [0.25, 0.3) is 0 Å². The van der Waals surface area contributed by atoms with Crippen LogP contribution in [0.15, 0.2) is 0 Å². The van der Waals surface area contributed by atoms with E-state index in [4.69, 9.17) is 5.26 Å². The van der Waals surface area contributed by atoms with E-state index in [1.54, 1.807) is 0 Å². The summed E-state index contributed by atoms with van der Waals surface area (Å²) in [6.45, 7) is 3.22. The van der Waals surface area contributed by atoms with Crippen molar-refractivity contribution in [2.24, 2.45) is 0 Å². The lowest BCUT2D eigenvalue weighted by atomic mass is 10.00. The van der Waals surface area contributed by atoms with E-state index in [-0.39, 0.29) is 0 Å². The number of rotatable bonds is 1. The number of hydrogen-bond donors (Lipinski definition) is 0. The van der Waals surface area contributed by atoms with Gasteiger partial charge in [-0.05, 0) is 31.3 Å². The smallest absolute Gasteiger partial charge is 0.130 e. The monoisotopic (exact) mass is 219 g/mol. The Morgan fingerprint density at radius 1 is 1.53 bits per heavy atom. The van der Waals surface area contributed by atoms with Crippen molar-refractivity contribution >= 4 is 11.5 Å². The maximum absolute atomic E-state index is 8.99. The van der Waals surface area contributed by atoms with Crippen LogP contribution < -0.4 is 0 Å². The fraction of sp³-hybridized carbons (Fsp3) is 0.636. The number of aromatic nitrogens is 1. The lowest BCUT2D eigenvalue weighted by molar-refractivity contribution is 0.173. The highest BCUT2D eigenvalue weighted by Gasteiger charge is 2.36. The SMILES string of the molecule is CC1Cc2nsc(C#N)c2CN1C1CC1. The molecule has 0 spiro atoms. The van der Waals surface area contributed by atoms with E-state index in [2.05, 4.69) is 22.3 Å². The first-order valence-electron chi connectivity index (χ1n) is 5.43. The Morgan fingerprint density at radius 2 is 2.33 bits per heavy atom. The Labute approximate surface area is 93.5 Å². The number of nitrogens with zero attached hydrogens (tertiary/aromatic N) is 3. The summed E-state index contributed by atoms with van der Waals surface area (Å²) in [5.74, 6) is 0. The van der Waals surface area contributed by atoms with Gasteiger partial charge in [0.15, 0.2) is 0 Å². The summed E-state index contributed by atoms with van der Waals surface area (Å²) < 4.78 is 4.38. The zero-order valence-corrected chi connectivity index (χ0v) is 9.55. The van der Waals surface area contributed by atoms with Crippen LogP contribution in [-0.4, -0.2) is 21.4 Å². The maximum Gasteiger partial charge on any atom is 0.130 e. The molecule has 2 aliphatic rings. The fourth-order valence-electron chi connectivity index (χ4n) is 2.38. The summed E-state index contributed by atoms with van der Waals surface area (Å²) >= 11 is 1.36. The van der Waals surface area contributed by atoms with Crippen LogP contribution in [0.3, 0.4) is 0 Å². The average Bonchev–Trinajstić information content (AvgIpc) is 2.99. The molecule has 1 aliphatic carbocycles. The predicted molar refractivity (Wildman–Crippen MR) is 58.6 cm³/mol. The molecule has 78 valence electrons. The highest BCUT2D eigenvalue weighted by molar-refractivity contribution is 7.06. The largest absolute Gasteiger partial charge is 0.293 e. The van der Waals surface area contributed by atoms with E-state index in [1.165, 1.54) is 35.6 Å². The van der Waals surface area contributed by atoms with Crippen LogP contribution in [0.2, 0.25) is 0 Å². The molecule has 1 atom stereocenters. The predicted octanol–water partition coefficient (Wildman–Crippen LogP) is 1.92. The van der Waals surface area contributed by atoms with Gasteiger partial charge in [-0.15, -0.1) is 0 Å². The van der Waals surface area contributed by atoms with Crippen molar-refractivity contribution in [3.63, 3.8) is 0 Å². The van der Waals surface area contributed by atoms with Gasteiger partial charge in [0, 0.05) is 30.6 Å². The first kappa shape index (κ1) is 9.32. The summed E-state index contributed by atoms with van der Waals surface area (Å²) in [6.07, 6.45) is 3.68. The molecule has 1 aromatic rings. The highest BCUT2D eigenvalue weighted by atomic mass is 32.1. The summed E-state index contributed by atoms with van der Waals surface area (Å²) in [6, 6.07) is 3.63. The molecule has 1 saturated carbocycles. The van der Waals surface area contributed by atoms with E-state index in [0.29, 0.717) is 6.04 Å². The third-order valence-corrected chi connectivity index (χ3v) is 4.21. The standard InChI is InChI=1S/C11H13N3S/c1-7-4-10-9(11(5-12)15-13-10)6-14(7)8-2-3-8/h7-8H,2-4,6H2,1H3. The van der Waals surface area contributed by atoms with Crippen LogP contribution in [0.4, 0.5) is 0 Å². The number of fused-ring (bicyclic) bond motifs is 1. The van der Waals surface area contributed by atoms with Crippen molar-refractivity contribution < 1.29 is 0 Å². The Balaban J connectivity index is 1.94. The third kappa shape index (κ3) is 1.47. The summed E-state index contributed by atoms with van der Waals surface area (Å²) in [5, 5.41) is 8.99. The van der Waals surface area contributed by atoms with E-state index in [9.17, 15) is 0 Å². The van der Waals surface area contributed by atoms with Gasteiger partial charge in [0.05, 0.1) is 5.69 Å². The van der Waals surface area contributed by atoms with Crippen LogP contribution in [0.5, 0.6) is 0 Å². The molecule has 2 heterocycles. The Hall–Kier alpha value is -0.920. The van der Waals surface area contributed by atoms with Crippen LogP contribution in [0.25, 0.3) is 0 Å². The quantitative estimate of drug-likeness (QED) is 0.724. The van der Waals surface area contributed by atoms with Gasteiger partial charge in [-0.2, -0.15) is 9.64 Å². The Bertz CT molecular complexity index is 428. The molecule has 0 amide bonds. The van der Waals surface area contributed by atoms with Gasteiger partial charge < -0.3 is 0 Å². The van der Waals surface area contributed by atoms with Gasteiger partial charge in [-0.25, -0.2) is 0 Å². The molecule has 1 fully saturated rings. The second-order valence-corrected chi connectivity index (χ2v) is 5.28. The van der Waals surface area contributed by atoms with E-state index < -0.39 is 0 Å². The van der Waals surface area contributed by atoms with E-state index in [0.717, 1.165) is 23.9 Å². The Kier molecular flexibility index (Phi) is 2.04. The number of nitriles is 1. The number of hydrogen-bond acceptors (Lipinski definition) is 4. The molecule has 0 radical (unpaired) electrons. The molecule has 0 bridgehead atoms. The van der Waals surface area contributed by atoms with Gasteiger partial charge in [-0.1, -0.05) is 0 Å². The van der Waals surface area contributed by atoms with Gasteiger partial charge in [0.2, 0.25) is 0 Å². The zero-order valence-electron chi connectivity index (χ0n) is 8.73. The molecule has 1 aromatic heterocycles. The minimum Gasteiger partial charge on any atom is -0.293 e. The molecular weight excluding hydrogens is 206 g/mol. The third-order valence-electron chi connectivity index (χ3n) is 3.38. The molecular formula is C11H13N3S. The first-order chi connectivity index (χ1) is 7.29. The molecule has 4 heteroatoms. The van der Waals surface area contributed by atoms with Crippen LogP contribution in [0.1, 0.15) is 35.9 Å². The molecule has 3 nitrogen and oxygen atoms in total. The van der Waals surface area contributed by atoms with Crippen molar-refractivity contribution in [1.29, 1.82) is 5.26 Å². The van der Waals surface area contributed by atoms with Gasteiger partial charge >= 0.3 is 0 Å². The second kappa shape index (κ2) is 3.29. The minimum atomic E-state index is 0.596. The molecule has 1 unspecified atom stereocenters. The zero-order chi connectivity index (χ0) is 10.4. The summed E-state index contributed by atoms with van der Waals surface area (Å²) in [5.41, 5.74) is 2.37. The normalized spacial score (nSPS) is 26.0. The molecule has 15 heavy (non-hydrogen) atoms. The summed E-state index contributed by atoms with van der Waals surface area (Å²) in [4.78, 5) is 3.36. The van der Waals surface area contributed by atoms with Crippen LogP contribution in [0, 0.1) is 11.3 Å². The highest BCUT2D eigenvalue weighted by Crippen LogP contribution is 2.36. The van der Waals surface area contributed by atoms with Crippen LogP contribution >= 0.6 is 11.5 Å². The van der Waals surface area contributed by atoms with Crippen molar-refractivity contribution in [3.05, 3.63) is 16.1 Å². The van der Waals surface area contributed by atoms with Gasteiger partial charge in [-0.3, -0.25) is 4.90 Å². The molecule has 0 saturated heterocycles. The van der Waals surface area contributed by atoms with Crippen molar-refractivity contribution in [3.8, 4) is 6.07 Å². The van der Waals surface area contributed by atoms with Crippen LogP contribution in [-0.2, 0) is 13.0 Å². The topological polar surface area (TPSA) is 39.9 Å². The van der Waals surface area contributed by atoms with Crippen molar-refractivity contribution in [1.82, 2.24) is 9.27 Å². The maximum atomic E-state index is 8.99. The fourth-order valence-corrected chi connectivity index (χ4v) is 3.10. The van der Waals surface area contributed by atoms with Crippen molar-refractivity contribution in [2.75, 3.05) is 0 Å². The van der Waals surface area contributed by atoms with E-state index >= 15 is 0 Å². The lowest BCUT2D eigenvalue weighted by Gasteiger charge is -2.32. The van der Waals surface area contributed by atoms with Gasteiger partial charge in [0.1, 0.15) is 10.9 Å². The lowest BCUT2D eigenvalue weighted by Crippen LogP contribution is -2.39. The Morgan fingerprint density at radius 3 is 3.00 bits per heavy atom. The summed E-state index contributed by atoms with van der Waals surface area (Å²) in [7, 11) is 0. The second-order valence-electron chi connectivity index (χ2n) is 4.51. The minimum absolute atomic E-state index is 0.596. The molecule has 0 aromatic carbocycles. The molecule has 3 rings (SSSR count). The average molecular weight is 219 g/mol. The first-order valence-corrected chi connectivity index (χ1v) is 6.20.